The van der Waals surface area contributed by atoms with E-state index >= 15 is 0 Å². The molecule has 38 heavy (non-hydrogen) atoms. The standard InChI is InChI=1S/C32H42N4O2/c1-23-33-28-12-8-9-13-29(28)36(23)27-20-25-14-15-26(21-27)35(25)17-16-32(24-10-6-5-7-11-24)22-34(18-19-38-32)30(37)31(2,3)4/h5-13,25-27H,14-22H2,1-4H3/t25-,26+,27+,32?. The van der Waals surface area contributed by atoms with Crippen molar-refractivity contribution in [2.24, 2.45) is 5.41 Å². The van der Waals surface area contributed by atoms with E-state index in [1.54, 1.807) is 0 Å². The summed E-state index contributed by atoms with van der Waals surface area (Å²) in [4.78, 5) is 23.0. The molecule has 6 nitrogen and oxygen atoms in total. The molecule has 1 aromatic heterocycles. The van der Waals surface area contributed by atoms with E-state index in [2.05, 4.69) is 71.0 Å². The first-order chi connectivity index (χ1) is 18.2. The summed E-state index contributed by atoms with van der Waals surface area (Å²) in [5, 5.41) is 0. The van der Waals surface area contributed by atoms with E-state index in [-0.39, 0.29) is 5.91 Å². The predicted octanol–water partition coefficient (Wildman–Crippen LogP) is 5.70. The van der Waals surface area contributed by atoms with Crippen molar-refractivity contribution in [3.63, 3.8) is 0 Å². The second-order valence-electron chi connectivity index (χ2n) is 12.7. The number of hydrogen-bond donors (Lipinski definition) is 0. The van der Waals surface area contributed by atoms with Crippen molar-refractivity contribution >= 4 is 16.9 Å². The van der Waals surface area contributed by atoms with Gasteiger partial charge in [-0.1, -0.05) is 63.2 Å². The van der Waals surface area contributed by atoms with Crippen LogP contribution in [0.2, 0.25) is 0 Å². The van der Waals surface area contributed by atoms with Crippen LogP contribution in [0.4, 0.5) is 0 Å². The second kappa shape index (κ2) is 9.80. The van der Waals surface area contributed by atoms with E-state index in [1.807, 2.05) is 25.7 Å². The van der Waals surface area contributed by atoms with Crippen LogP contribution in [0.5, 0.6) is 0 Å². The molecule has 1 unspecified atom stereocenters. The van der Waals surface area contributed by atoms with Crippen molar-refractivity contribution in [2.75, 3.05) is 26.2 Å². The van der Waals surface area contributed by atoms with Gasteiger partial charge in [0.1, 0.15) is 11.4 Å². The molecule has 3 aliphatic rings. The molecule has 0 N–H and O–H groups in total. The van der Waals surface area contributed by atoms with E-state index < -0.39 is 11.0 Å². The van der Waals surface area contributed by atoms with Gasteiger partial charge < -0.3 is 14.2 Å². The number of nitrogens with zero attached hydrogens (tertiary/aromatic N) is 4. The van der Waals surface area contributed by atoms with Crippen LogP contribution in [0.1, 0.15) is 70.3 Å². The first-order valence-electron chi connectivity index (χ1n) is 14.4. The predicted molar refractivity (Wildman–Crippen MR) is 151 cm³/mol. The molecule has 4 atom stereocenters. The fourth-order valence-electron chi connectivity index (χ4n) is 7.40. The zero-order chi connectivity index (χ0) is 26.5. The molecule has 6 rings (SSSR count). The topological polar surface area (TPSA) is 50.6 Å². The van der Waals surface area contributed by atoms with Crippen molar-refractivity contribution < 1.29 is 9.53 Å². The Balaban J connectivity index is 1.21. The highest BCUT2D eigenvalue weighted by atomic mass is 16.5. The van der Waals surface area contributed by atoms with Crippen LogP contribution >= 0.6 is 0 Å². The van der Waals surface area contributed by atoms with Gasteiger partial charge in [-0.05, 0) is 56.7 Å². The van der Waals surface area contributed by atoms with E-state index in [4.69, 9.17) is 9.72 Å². The Hall–Kier alpha value is -2.70. The largest absolute Gasteiger partial charge is 0.367 e. The number of aromatic nitrogens is 2. The van der Waals surface area contributed by atoms with Gasteiger partial charge in [-0.3, -0.25) is 9.69 Å². The minimum atomic E-state index is -0.464. The number of para-hydroxylation sites is 2. The third-order valence-electron chi connectivity index (χ3n) is 9.19. The number of rotatable bonds is 5. The van der Waals surface area contributed by atoms with Gasteiger partial charge in [-0.25, -0.2) is 4.98 Å². The maximum Gasteiger partial charge on any atom is 0.228 e. The number of aryl methyl sites for hydroxylation is 1. The van der Waals surface area contributed by atoms with Crippen molar-refractivity contribution in [1.29, 1.82) is 0 Å². The fraction of sp³-hybridized carbons (Fsp3) is 0.562. The number of amides is 1. The number of ether oxygens (including phenoxy) is 1. The zero-order valence-electron chi connectivity index (χ0n) is 23.4. The van der Waals surface area contributed by atoms with Crippen molar-refractivity contribution in [1.82, 2.24) is 19.4 Å². The highest BCUT2D eigenvalue weighted by Gasteiger charge is 2.46. The quantitative estimate of drug-likeness (QED) is 0.438. The second-order valence-corrected chi connectivity index (χ2v) is 12.7. The molecule has 4 heterocycles. The van der Waals surface area contributed by atoms with Crippen LogP contribution in [0.3, 0.4) is 0 Å². The number of fused-ring (bicyclic) bond motifs is 3. The summed E-state index contributed by atoms with van der Waals surface area (Å²) < 4.78 is 9.14. The molecular formula is C32H42N4O2. The molecule has 3 fully saturated rings. The van der Waals surface area contributed by atoms with Gasteiger partial charge in [0, 0.05) is 36.6 Å². The summed E-state index contributed by atoms with van der Waals surface area (Å²) in [6.07, 6.45) is 5.77. The molecule has 0 radical (unpaired) electrons. The molecule has 2 bridgehead atoms. The molecule has 3 aliphatic heterocycles. The molecule has 0 aliphatic carbocycles. The number of morpholine rings is 1. The zero-order valence-corrected chi connectivity index (χ0v) is 23.4. The lowest BCUT2D eigenvalue weighted by molar-refractivity contribution is -0.162. The van der Waals surface area contributed by atoms with Crippen molar-refractivity contribution in [3.8, 4) is 0 Å². The Morgan fingerprint density at radius 3 is 2.39 bits per heavy atom. The number of piperidine rings is 1. The Kier molecular flexibility index (Phi) is 6.59. The molecule has 2 aromatic carbocycles. The van der Waals surface area contributed by atoms with E-state index in [1.165, 1.54) is 36.8 Å². The Labute approximate surface area is 227 Å². The van der Waals surface area contributed by atoms with E-state index in [0.29, 0.717) is 37.8 Å². The molecule has 1 amide bonds. The molecule has 0 saturated carbocycles. The number of carbonyl (C=O) groups is 1. The van der Waals surface area contributed by atoms with Gasteiger partial charge in [0.2, 0.25) is 5.91 Å². The van der Waals surface area contributed by atoms with E-state index in [9.17, 15) is 4.79 Å². The Morgan fingerprint density at radius 1 is 1.00 bits per heavy atom. The summed E-state index contributed by atoms with van der Waals surface area (Å²) in [6.45, 7) is 11.1. The molecular weight excluding hydrogens is 472 g/mol. The average molecular weight is 515 g/mol. The van der Waals surface area contributed by atoms with Crippen molar-refractivity contribution in [2.45, 2.75) is 83.5 Å². The van der Waals surface area contributed by atoms with Crippen LogP contribution in [0.15, 0.2) is 54.6 Å². The lowest BCUT2D eigenvalue weighted by Gasteiger charge is -2.47. The monoisotopic (exact) mass is 514 g/mol. The summed E-state index contributed by atoms with van der Waals surface area (Å²) in [5.74, 6) is 1.34. The van der Waals surface area contributed by atoms with Crippen LogP contribution in [0.25, 0.3) is 11.0 Å². The van der Waals surface area contributed by atoms with Gasteiger partial charge in [-0.2, -0.15) is 0 Å². The van der Waals surface area contributed by atoms with E-state index in [0.717, 1.165) is 24.3 Å². The van der Waals surface area contributed by atoms with Crippen LogP contribution in [0, 0.1) is 12.3 Å². The van der Waals surface area contributed by atoms with Crippen molar-refractivity contribution in [3.05, 3.63) is 66.0 Å². The minimum absolute atomic E-state index is 0.213. The van der Waals surface area contributed by atoms with Crippen LogP contribution in [-0.2, 0) is 15.1 Å². The number of imidazole rings is 1. The highest BCUT2D eigenvalue weighted by Crippen LogP contribution is 2.44. The smallest absolute Gasteiger partial charge is 0.228 e. The maximum atomic E-state index is 13.3. The highest BCUT2D eigenvalue weighted by molar-refractivity contribution is 5.81. The van der Waals surface area contributed by atoms with Gasteiger partial charge in [0.25, 0.3) is 0 Å². The lowest BCUT2D eigenvalue weighted by Crippen LogP contribution is -2.55. The number of carbonyl (C=O) groups excluding carboxylic acids is 1. The third kappa shape index (κ3) is 4.56. The molecule has 0 spiro atoms. The Morgan fingerprint density at radius 2 is 1.68 bits per heavy atom. The van der Waals surface area contributed by atoms with Crippen LogP contribution < -0.4 is 0 Å². The van der Waals surface area contributed by atoms with Gasteiger partial charge in [0.05, 0.1) is 24.2 Å². The van der Waals surface area contributed by atoms with Gasteiger partial charge in [0.15, 0.2) is 0 Å². The summed E-state index contributed by atoms with van der Waals surface area (Å²) in [6, 6.07) is 20.8. The SMILES string of the molecule is Cc1nc2ccccc2n1[C@H]1C[C@H]2CC[C@@H](C1)N2CCC1(c2ccccc2)CN(C(=O)C(C)(C)C)CCO1. The van der Waals surface area contributed by atoms with Gasteiger partial charge >= 0.3 is 0 Å². The molecule has 3 saturated heterocycles. The molecule has 6 heteroatoms. The molecule has 202 valence electrons. The first-order valence-corrected chi connectivity index (χ1v) is 14.4. The number of benzene rings is 2. The minimum Gasteiger partial charge on any atom is -0.367 e. The third-order valence-corrected chi connectivity index (χ3v) is 9.19. The van der Waals surface area contributed by atoms with Gasteiger partial charge in [-0.15, -0.1) is 0 Å². The normalized spacial score (nSPS) is 28.2. The average Bonchev–Trinajstić information content (AvgIpc) is 3.37. The lowest BCUT2D eigenvalue weighted by atomic mass is 9.85. The Bertz CT molecular complexity index is 1280. The molecule has 3 aromatic rings. The summed E-state index contributed by atoms with van der Waals surface area (Å²) in [7, 11) is 0. The summed E-state index contributed by atoms with van der Waals surface area (Å²) >= 11 is 0. The maximum absolute atomic E-state index is 13.3. The number of hydrogen-bond acceptors (Lipinski definition) is 4. The van der Waals surface area contributed by atoms with Crippen LogP contribution in [-0.4, -0.2) is 63.6 Å². The summed E-state index contributed by atoms with van der Waals surface area (Å²) in [5.41, 5.74) is 2.71. The first kappa shape index (κ1) is 25.6. The fourth-order valence-corrected chi connectivity index (χ4v) is 7.40.